The van der Waals surface area contributed by atoms with Crippen molar-refractivity contribution in [2.24, 2.45) is 0 Å². The highest BCUT2D eigenvalue weighted by molar-refractivity contribution is 14.1. The van der Waals surface area contributed by atoms with Gasteiger partial charge in [-0.3, -0.25) is 0 Å². The SMILES string of the molecule is COc1ccc(-c2csc(C(C#N)=CNc3ccccc3I)n2)cc1. The Hall–Kier alpha value is -2.37. The van der Waals surface area contributed by atoms with E-state index in [1.807, 2.05) is 53.9 Å². The van der Waals surface area contributed by atoms with Crippen LogP contribution in [0.25, 0.3) is 16.8 Å². The van der Waals surface area contributed by atoms with Gasteiger partial charge < -0.3 is 10.1 Å². The van der Waals surface area contributed by atoms with Crippen LogP contribution in [0.1, 0.15) is 5.01 Å². The van der Waals surface area contributed by atoms with Gasteiger partial charge in [0.05, 0.1) is 18.5 Å². The Kier molecular flexibility index (Phi) is 5.68. The lowest BCUT2D eigenvalue weighted by molar-refractivity contribution is 0.415. The first-order valence-corrected chi connectivity index (χ1v) is 9.39. The second kappa shape index (κ2) is 8.14. The molecule has 1 heterocycles. The number of nitriles is 1. The second-order valence-corrected chi connectivity index (χ2v) is 7.08. The molecule has 1 N–H and O–H groups in total. The predicted molar refractivity (Wildman–Crippen MR) is 110 cm³/mol. The van der Waals surface area contributed by atoms with Gasteiger partial charge in [0.2, 0.25) is 0 Å². The molecule has 124 valence electrons. The van der Waals surface area contributed by atoms with Crippen molar-refractivity contribution in [2.75, 3.05) is 12.4 Å². The molecule has 0 saturated heterocycles. The predicted octanol–water partition coefficient (Wildman–Crippen LogP) is 5.40. The van der Waals surface area contributed by atoms with Gasteiger partial charge in [0.25, 0.3) is 0 Å². The van der Waals surface area contributed by atoms with Gasteiger partial charge in [-0.15, -0.1) is 11.3 Å². The molecule has 0 atom stereocenters. The minimum absolute atomic E-state index is 0.504. The highest BCUT2D eigenvalue weighted by Gasteiger charge is 2.09. The van der Waals surface area contributed by atoms with Crippen molar-refractivity contribution in [2.45, 2.75) is 0 Å². The van der Waals surface area contributed by atoms with Crippen LogP contribution in [0.15, 0.2) is 60.1 Å². The number of aromatic nitrogens is 1. The minimum Gasteiger partial charge on any atom is -0.497 e. The number of ether oxygens (including phenoxy) is 1. The summed E-state index contributed by atoms with van der Waals surface area (Å²) >= 11 is 3.70. The van der Waals surface area contributed by atoms with Crippen LogP contribution in [0.4, 0.5) is 5.69 Å². The minimum atomic E-state index is 0.504. The maximum Gasteiger partial charge on any atom is 0.136 e. The maximum atomic E-state index is 9.46. The van der Waals surface area contributed by atoms with E-state index in [4.69, 9.17) is 4.74 Å². The Balaban J connectivity index is 1.82. The van der Waals surface area contributed by atoms with E-state index in [1.165, 1.54) is 11.3 Å². The number of thiazole rings is 1. The monoisotopic (exact) mass is 459 g/mol. The number of methoxy groups -OCH3 is 1. The molecule has 1 aromatic heterocycles. The fraction of sp³-hybridized carbons (Fsp3) is 0.0526. The quantitative estimate of drug-likeness (QED) is 0.410. The van der Waals surface area contributed by atoms with Crippen molar-refractivity contribution in [3.63, 3.8) is 0 Å². The third-order valence-electron chi connectivity index (χ3n) is 3.49. The molecule has 0 saturated carbocycles. The summed E-state index contributed by atoms with van der Waals surface area (Å²) in [6.45, 7) is 0. The van der Waals surface area contributed by atoms with Gasteiger partial charge in [0.1, 0.15) is 22.4 Å². The van der Waals surface area contributed by atoms with Crippen molar-refractivity contribution in [1.29, 1.82) is 5.26 Å². The molecular weight excluding hydrogens is 445 g/mol. The van der Waals surface area contributed by atoms with E-state index in [1.54, 1.807) is 13.3 Å². The third kappa shape index (κ3) is 4.18. The Morgan fingerprint density at radius 2 is 2.00 bits per heavy atom. The molecule has 0 fully saturated rings. The first kappa shape index (κ1) is 17.5. The topological polar surface area (TPSA) is 57.9 Å². The lowest BCUT2D eigenvalue weighted by Crippen LogP contribution is -1.93. The molecule has 0 unspecified atom stereocenters. The van der Waals surface area contributed by atoms with Gasteiger partial charge >= 0.3 is 0 Å². The van der Waals surface area contributed by atoms with Gasteiger partial charge in [0.15, 0.2) is 0 Å². The number of rotatable bonds is 5. The summed E-state index contributed by atoms with van der Waals surface area (Å²) in [6, 6.07) is 17.8. The van der Waals surface area contributed by atoms with E-state index in [0.29, 0.717) is 10.6 Å². The standard InChI is InChI=1S/C19H14IN3OS/c1-24-15-8-6-13(7-9-15)18-12-25-19(23-18)14(10-21)11-22-17-5-3-2-4-16(17)20/h2-9,11-12,22H,1H3. The lowest BCUT2D eigenvalue weighted by atomic mass is 10.2. The van der Waals surface area contributed by atoms with E-state index >= 15 is 0 Å². The molecule has 0 aliphatic rings. The Bertz CT molecular complexity index is 942. The summed E-state index contributed by atoms with van der Waals surface area (Å²) in [7, 11) is 1.64. The van der Waals surface area contributed by atoms with E-state index in [9.17, 15) is 5.26 Å². The third-order valence-corrected chi connectivity index (χ3v) is 5.30. The summed E-state index contributed by atoms with van der Waals surface area (Å²) < 4.78 is 6.26. The number of hydrogen-bond acceptors (Lipinski definition) is 5. The molecule has 25 heavy (non-hydrogen) atoms. The van der Waals surface area contributed by atoms with Gasteiger partial charge in [-0.05, 0) is 59.0 Å². The first-order valence-electron chi connectivity index (χ1n) is 7.43. The van der Waals surface area contributed by atoms with Crippen LogP contribution < -0.4 is 10.1 Å². The molecule has 0 bridgehead atoms. The summed E-state index contributed by atoms with van der Waals surface area (Å²) in [5.74, 6) is 0.804. The average Bonchev–Trinajstić information content (AvgIpc) is 3.14. The molecular formula is C19H14IN3OS. The molecule has 4 nitrogen and oxygen atoms in total. The van der Waals surface area contributed by atoms with E-state index in [2.05, 4.69) is 39.0 Å². The summed E-state index contributed by atoms with van der Waals surface area (Å²) in [5, 5.41) is 15.3. The number of para-hydroxylation sites is 1. The van der Waals surface area contributed by atoms with Gasteiger partial charge in [-0.2, -0.15) is 5.26 Å². The molecule has 6 heteroatoms. The molecule has 0 aliphatic carbocycles. The number of nitrogens with zero attached hydrogens (tertiary/aromatic N) is 2. The average molecular weight is 459 g/mol. The van der Waals surface area contributed by atoms with E-state index in [0.717, 1.165) is 26.3 Å². The van der Waals surface area contributed by atoms with Crippen molar-refractivity contribution in [3.05, 3.63) is 68.7 Å². The normalized spacial score (nSPS) is 11.0. The van der Waals surface area contributed by atoms with Crippen molar-refractivity contribution < 1.29 is 4.74 Å². The van der Waals surface area contributed by atoms with Crippen LogP contribution in [-0.2, 0) is 0 Å². The fourth-order valence-electron chi connectivity index (χ4n) is 2.16. The number of allylic oxidation sites excluding steroid dienone is 1. The second-order valence-electron chi connectivity index (χ2n) is 5.06. The Morgan fingerprint density at radius 3 is 2.68 bits per heavy atom. The van der Waals surface area contributed by atoms with Crippen molar-refractivity contribution in [3.8, 4) is 23.1 Å². The van der Waals surface area contributed by atoms with Gasteiger partial charge in [-0.1, -0.05) is 12.1 Å². The van der Waals surface area contributed by atoms with Crippen molar-refractivity contribution in [1.82, 2.24) is 4.98 Å². The number of hydrogen-bond donors (Lipinski definition) is 1. The summed E-state index contributed by atoms with van der Waals surface area (Å²) in [6.07, 6.45) is 1.70. The number of benzene rings is 2. The largest absolute Gasteiger partial charge is 0.497 e. The number of anilines is 1. The van der Waals surface area contributed by atoms with Crippen molar-refractivity contribution >= 4 is 45.2 Å². The van der Waals surface area contributed by atoms with Crippen LogP contribution in [-0.4, -0.2) is 12.1 Å². The Labute approximate surface area is 163 Å². The zero-order valence-electron chi connectivity index (χ0n) is 13.4. The van der Waals surface area contributed by atoms with E-state index < -0.39 is 0 Å². The molecule has 2 aromatic carbocycles. The smallest absolute Gasteiger partial charge is 0.136 e. The molecule has 0 radical (unpaired) electrons. The fourth-order valence-corrected chi connectivity index (χ4v) is 3.50. The highest BCUT2D eigenvalue weighted by Crippen LogP contribution is 2.27. The highest BCUT2D eigenvalue weighted by atomic mass is 127. The molecule has 0 amide bonds. The Morgan fingerprint density at radius 1 is 1.24 bits per heavy atom. The number of halogens is 1. The van der Waals surface area contributed by atoms with Gasteiger partial charge in [0, 0.05) is 20.7 Å². The van der Waals surface area contributed by atoms with Crippen LogP contribution >= 0.6 is 33.9 Å². The zero-order valence-corrected chi connectivity index (χ0v) is 16.3. The molecule has 0 spiro atoms. The van der Waals surface area contributed by atoms with Crippen LogP contribution in [0.3, 0.4) is 0 Å². The summed E-state index contributed by atoms with van der Waals surface area (Å²) in [4.78, 5) is 4.59. The first-order chi connectivity index (χ1) is 12.2. The van der Waals surface area contributed by atoms with E-state index in [-0.39, 0.29) is 0 Å². The summed E-state index contributed by atoms with van der Waals surface area (Å²) in [5.41, 5.74) is 3.30. The molecule has 0 aliphatic heterocycles. The zero-order chi connectivity index (χ0) is 17.6. The number of nitrogens with one attached hydrogen (secondary N) is 1. The maximum absolute atomic E-state index is 9.46. The van der Waals surface area contributed by atoms with Crippen LogP contribution in [0, 0.1) is 14.9 Å². The molecule has 3 aromatic rings. The van der Waals surface area contributed by atoms with Gasteiger partial charge in [-0.25, -0.2) is 4.98 Å². The lowest BCUT2D eigenvalue weighted by Gasteiger charge is -2.03. The van der Waals surface area contributed by atoms with Crippen LogP contribution in [0.2, 0.25) is 0 Å². The van der Waals surface area contributed by atoms with Crippen LogP contribution in [0.5, 0.6) is 5.75 Å². The molecule has 3 rings (SSSR count).